The summed E-state index contributed by atoms with van der Waals surface area (Å²) >= 11 is 0. The highest BCUT2D eigenvalue weighted by Crippen LogP contribution is 2.27. The largest absolute Gasteiger partial charge is 0.481 e. The highest BCUT2D eigenvalue weighted by Gasteiger charge is 2.27. The number of furan rings is 1. The Kier molecular flexibility index (Phi) is 6.68. The first-order chi connectivity index (χ1) is 12.7. The van der Waals surface area contributed by atoms with E-state index in [0.29, 0.717) is 6.42 Å². The van der Waals surface area contributed by atoms with Crippen LogP contribution in [-0.4, -0.2) is 34.7 Å². The molecule has 1 aromatic carbocycles. The normalized spacial score (nSPS) is 13.5. The van der Waals surface area contributed by atoms with E-state index in [0.717, 1.165) is 18.2 Å². The van der Waals surface area contributed by atoms with E-state index in [4.69, 9.17) is 4.42 Å². The number of hydrogen-bond acceptors (Lipinski definition) is 4. The Balaban J connectivity index is 2.19. The van der Waals surface area contributed by atoms with Crippen molar-refractivity contribution < 1.29 is 33.0 Å². The van der Waals surface area contributed by atoms with Crippen LogP contribution in [-0.2, 0) is 9.59 Å². The number of aliphatic carboxylic acids is 2. The summed E-state index contributed by atoms with van der Waals surface area (Å²) in [5.41, 5.74) is 0.138. The van der Waals surface area contributed by atoms with Gasteiger partial charge in [0.1, 0.15) is 35.1 Å². The third-order valence-corrected chi connectivity index (χ3v) is 3.99. The maximum Gasteiger partial charge on any atom is 0.320 e. The van der Waals surface area contributed by atoms with Crippen LogP contribution >= 0.6 is 0 Å². The maximum absolute atomic E-state index is 13.4. The molecule has 6 nitrogen and oxygen atoms in total. The van der Waals surface area contributed by atoms with Gasteiger partial charge in [0.2, 0.25) is 0 Å². The molecule has 27 heavy (non-hydrogen) atoms. The summed E-state index contributed by atoms with van der Waals surface area (Å²) in [5.74, 6) is -4.69. The molecule has 0 aliphatic carbocycles. The van der Waals surface area contributed by atoms with Gasteiger partial charge in [0.05, 0.1) is 0 Å². The zero-order chi connectivity index (χ0) is 20.1. The average molecular weight is 381 g/mol. The predicted octanol–water partition coefficient (Wildman–Crippen LogP) is 3.48. The van der Waals surface area contributed by atoms with E-state index in [1.54, 1.807) is 0 Å². The van der Waals surface area contributed by atoms with Crippen LogP contribution in [0.4, 0.5) is 8.78 Å². The van der Waals surface area contributed by atoms with E-state index < -0.39 is 35.5 Å². The molecule has 1 aromatic heterocycles. The van der Waals surface area contributed by atoms with E-state index in [2.05, 4.69) is 5.32 Å². The Hall–Kier alpha value is -2.74. The van der Waals surface area contributed by atoms with Gasteiger partial charge in [0, 0.05) is 18.2 Å². The molecular formula is C19H21F2NO5. The van der Waals surface area contributed by atoms with Gasteiger partial charge in [-0.3, -0.25) is 9.59 Å². The van der Waals surface area contributed by atoms with Crippen LogP contribution in [0.15, 0.2) is 34.7 Å². The van der Waals surface area contributed by atoms with E-state index in [-0.39, 0.29) is 29.5 Å². The number of nitrogens with one attached hydrogen (secondary N) is 1. The topological polar surface area (TPSA) is 99.8 Å². The lowest BCUT2D eigenvalue weighted by Gasteiger charge is -2.18. The van der Waals surface area contributed by atoms with Crippen molar-refractivity contribution in [3.05, 3.63) is 47.7 Å². The van der Waals surface area contributed by atoms with Gasteiger partial charge >= 0.3 is 11.9 Å². The Labute approximate surface area is 154 Å². The molecule has 0 saturated carbocycles. The average Bonchev–Trinajstić information content (AvgIpc) is 3.02. The van der Waals surface area contributed by atoms with E-state index >= 15 is 0 Å². The number of hydrogen-bond donors (Lipinski definition) is 3. The molecule has 2 rings (SSSR count). The second-order valence-electron chi connectivity index (χ2n) is 6.68. The Bertz CT molecular complexity index is 798. The molecule has 0 aliphatic rings. The third kappa shape index (κ3) is 5.62. The molecule has 8 heteroatoms. The summed E-state index contributed by atoms with van der Waals surface area (Å²) in [6.07, 6.45) is 0.341. The van der Waals surface area contributed by atoms with Gasteiger partial charge in [0.15, 0.2) is 0 Å². The van der Waals surface area contributed by atoms with Crippen molar-refractivity contribution >= 4 is 11.9 Å². The van der Waals surface area contributed by atoms with Crippen molar-refractivity contribution in [3.8, 4) is 11.3 Å². The van der Waals surface area contributed by atoms with Crippen molar-refractivity contribution in [2.75, 3.05) is 6.54 Å². The van der Waals surface area contributed by atoms with Gasteiger partial charge in [-0.1, -0.05) is 13.8 Å². The van der Waals surface area contributed by atoms with Crippen molar-refractivity contribution in [3.63, 3.8) is 0 Å². The standard InChI is InChI=1S/C19H21F2NO5/c1-10(2)5-15(19(25)26)22-9-14(18(23)24)17-4-3-16(27-17)11-6-12(20)8-13(21)7-11/h3-4,6-8,10,14-15,22H,5,9H2,1-2H3,(H,23,24)(H,25,26). The van der Waals surface area contributed by atoms with Crippen LogP contribution in [0.25, 0.3) is 11.3 Å². The minimum Gasteiger partial charge on any atom is -0.481 e. The second-order valence-corrected chi connectivity index (χ2v) is 6.68. The molecule has 0 radical (unpaired) electrons. The number of carbonyl (C=O) groups is 2. The molecule has 2 atom stereocenters. The molecule has 0 amide bonds. The summed E-state index contributed by atoms with van der Waals surface area (Å²) in [7, 11) is 0. The SMILES string of the molecule is CC(C)CC(NCC(C(=O)O)c1ccc(-c2cc(F)cc(F)c2)o1)C(=O)O. The summed E-state index contributed by atoms with van der Waals surface area (Å²) in [4.78, 5) is 22.9. The molecule has 0 saturated heterocycles. The van der Waals surface area contributed by atoms with Gasteiger partial charge in [-0.15, -0.1) is 0 Å². The smallest absolute Gasteiger partial charge is 0.320 e. The zero-order valence-electron chi connectivity index (χ0n) is 14.9. The number of halogens is 2. The fraction of sp³-hybridized carbons (Fsp3) is 0.368. The second kappa shape index (κ2) is 8.77. The van der Waals surface area contributed by atoms with E-state index in [1.807, 2.05) is 13.8 Å². The van der Waals surface area contributed by atoms with Crippen LogP contribution in [0.2, 0.25) is 0 Å². The Morgan fingerprint density at radius 3 is 2.22 bits per heavy atom. The quantitative estimate of drug-likeness (QED) is 0.615. The molecule has 1 heterocycles. The van der Waals surface area contributed by atoms with Gasteiger partial charge in [-0.25, -0.2) is 8.78 Å². The molecule has 0 spiro atoms. The maximum atomic E-state index is 13.4. The number of benzene rings is 1. The van der Waals surface area contributed by atoms with E-state index in [1.165, 1.54) is 12.1 Å². The minimum atomic E-state index is -1.21. The monoisotopic (exact) mass is 381 g/mol. The van der Waals surface area contributed by atoms with Crippen molar-refractivity contribution in [1.29, 1.82) is 0 Å². The van der Waals surface area contributed by atoms with Crippen LogP contribution in [0.1, 0.15) is 31.9 Å². The summed E-state index contributed by atoms with van der Waals surface area (Å²) in [5, 5.41) is 21.4. The lowest BCUT2D eigenvalue weighted by atomic mass is 10.0. The molecule has 146 valence electrons. The fourth-order valence-corrected chi connectivity index (χ4v) is 2.70. The number of carboxylic acid groups (broad SMARTS) is 2. The predicted molar refractivity (Wildman–Crippen MR) is 93.3 cm³/mol. The van der Waals surface area contributed by atoms with Crippen LogP contribution in [0, 0.1) is 17.6 Å². The number of rotatable bonds is 9. The molecule has 2 aromatic rings. The molecule has 0 fully saturated rings. The molecule has 3 N–H and O–H groups in total. The first kappa shape index (κ1) is 20.6. The highest BCUT2D eigenvalue weighted by atomic mass is 19.1. The summed E-state index contributed by atoms with van der Waals surface area (Å²) in [6, 6.07) is 4.79. The first-order valence-corrected chi connectivity index (χ1v) is 8.42. The first-order valence-electron chi connectivity index (χ1n) is 8.42. The minimum absolute atomic E-state index is 0.0587. The Morgan fingerprint density at radius 2 is 1.70 bits per heavy atom. The van der Waals surface area contributed by atoms with Crippen LogP contribution < -0.4 is 5.32 Å². The van der Waals surface area contributed by atoms with Crippen molar-refractivity contribution in [1.82, 2.24) is 5.32 Å². The zero-order valence-corrected chi connectivity index (χ0v) is 14.9. The van der Waals surface area contributed by atoms with E-state index in [9.17, 15) is 28.6 Å². The molecular weight excluding hydrogens is 360 g/mol. The summed E-state index contributed by atoms with van der Waals surface area (Å²) < 4.78 is 32.2. The van der Waals surface area contributed by atoms with Crippen molar-refractivity contribution in [2.24, 2.45) is 5.92 Å². The lowest BCUT2D eigenvalue weighted by molar-refractivity contribution is -0.142. The molecule has 0 bridgehead atoms. The lowest BCUT2D eigenvalue weighted by Crippen LogP contribution is -2.41. The summed E-state index contributed by atoms with van der Waals surface area (Å²) in [6.45, 7) is 3.57. The van der Waals surface area contributed by atoms with Crippen LogP contribution in [0.5, 0.6) is 0 Å². The molecule has 2 unspecified atom stereocenters. The highest BCUT2D eigenvalue weighted by molar-refractivity contribution is 5.77. The van der Waals surface area contributed by atoms with Crippen molar-refractivity contribution in [2.45, 2.75) is 32.2 Å². The van der Waals surface area contributed by atoms with Gasteiger partial charge in [-0.05, 0) is 36.6 Å². The van der Waals surface area contributed by atoms with Gasteiger partial charge in [0.25, 0.3) is 0 Å². The van der Waals surface area contributed by atoms with Crippen LogP contribution in [0.3, 0.4) is 0 Å². The fourth-order valence-electron chi connectivity index (χ4n) is 2.70. The number of carboxylic acids is 2. The van der Waals surface area contributed by atoms with Gasteiger partial charge < -0.3 is 19.9 Å². The Morgan fingerprint density at radius 1 is 1.07 bits per heavy atom. The molecule has 0 aliphatic heterocycles. The van der Waals surface area contributed by atoms with Gasteiger partial charge in [-0.2, -0.15) is 0 Å². The third-order valence-electron chi connectivity index (χ3n) is 3.99.